The maximum absolute atomic E-state index is 12.1. The van der Waals surface area contributed by atoms with Crippen molar-refractivity contribution in [3.05, 3.63) is 17.7 Å². The molecule has 0 radical (unpaired) electrons. The third kappa shape index (κ3) is 3.55. The maximum Gasteiger partial charge on any atom is 0.410 e. The summed E-state index contributed by atoms with van der Waals surface area (Å²) in [5, 5.41) is 5.49. The number of hydrogen-bond donors (Lipinski definition) is 0. The van der Waals surface area contributed by atoms with E-state index in [1.807, 2.05) is 25.5 Å². The van der Waals surface area contributed by atoms with Gasteiger partial charge in [-0.3, -0.25) is 0 Å². The quantitative estimate of drug-likeness (QED) is 0.748. The van der Waals surface area contributed by atoms with Gasteiger partial charge in [0.05, 0.1) is 17.6 Å². The summed E-state index contributed by atoms with van der Waals surface area (Å²) in [6, 6.07) is 0.192. The van der Waals surface area contributed by atoms with Crippen molar-refractivity contribution in [3.8, 4) is 0 Å². The number of carbonyl (C=O) groups is 1. The van der Waals surface area contributed by atoms with Gasteiger partial charge in [0.15, 0.2) is 5.65 Å². The molecule has 0 bridgehead atoms. The summed E-state index contributed by atoms with van der Waals surface area (Å²) >= 11 is 5.88. The fourth-order valence-corrected chi connectivity index (χ4v) is 2.83. The van der Waals surface area contributed by atoms with E-state index in [1.165, 1.54) is 0 Å². The molecule has 8 heteroatoms. The molecule has 0 aliphatic carbocycles. The summed E-state index contributed by atoms with van der Waals surface area (Å²) in [6.07, 6.45) is 4.76. The smallest absolute Gasteiger partial charge is 0.410 e. The topological polar surface area (TPSA) is 73.1 Å². The molecule has 1 fully saturated rings. The van der Waals surface area contributed by atoms with E-state index >= 15 is 0 Å². The Hall–Kier alpha value is -1.89. The molecule has 1 aliphatic heterocycles. The van der Waals surface area contributed by atoms with Crippen LogP contribution >= 0.6 is 11.6 Å². The van der Waals surface area contributed by atoms with Gasteiger partial charge in [-0.05, 0) is 45.2 Å². The largest absolute Gasteiger partial charge is 0.444 e. The van der Waals surface area contributed by atoms with Gasteiger partial charge in [-0.25, -0.2) is 14.5 Å². The molecule has 2 aromatic rings. The summed E-state index contributed by atoms with van der Waals surface area (Å²) in [7, 11) is 0. The number of hydrogen-bond acceptors (Lipinski definition) is 5. The van der Waals surface area contributed by atoms with E-state index < -0.39 is 5.60 Å². The van der Waals surface area contributed by atoms with Crippen LogP contribution in [-0.2, 0) is 4.74 Å². The van der Waals surface area contributed by atoms with Gasteiger partial charge in [0.1, 0.15) is 5.60 Å². The number of rotatable bonds is 1. The number of fused-ring (bicyclic) bond motifs is 1. The lowest BCUT2D eigenvalue weighted by Crippen LogP contribution is -2.42. The highest BCUT2D eigenvalue weighted by Gasteiger charge is 2.28. The van der Waals surface area contributed by atoms with Gasteiger partial charge in [0.2, 0.25) is 5.28 Å². The van der Waals surface area contributed by atoms with E-state index in [9.17, 15) is 4.79 Å². The average Bonchev–Trinajstić information content (AvgIpc) is 2.88. The molecule has 7 nitrogen and oxygen atoms in total. The van der Waals surface area contributed by atoms with Crippen molar-refractivity contribution >= 4 is 28.7 Å². The van der Waals surface area contributed by atoms with Crippen molar-refractivity contribution in [1.82, 2.24) is 24.6 Å². The Balaban J connectivity index is 1.69. The fraction of sp³-hybridized carbons (Fsp3) is 0.600. The van der Waals surface area contributed by atoms with Crippen LogP contribution in [0.25, 0.3) is 11.0 Å². The van der Waals surface area contributed by atoms with Crippen LogP contribution < -0.4 is 0 Å². The van der Waals surface area contributed by atoms with Crippen LogP contribution in [0.4, 0.5) is 4.79 Å². The maximum atomic E-state index is 12.1. The second-order valence-electron chi connectivity index (χ2n) is 6.71. The molecule has 3 heterocycles. The van der Waals surface area contributed by atoms with Crippen LogP contribution in [0.15, 0.2) is 12.4 Å². The number of carbonyl (C=O) groups excluding carboxylic acids is 1. The number of piperidine rings is 1. The summed E-state index contributed by atoms with van der Waals surface area (Å²) < 4.78 is 7.30. The Morgan fingerprint density at radius 3 is 2.65 bits per heavy atom. The van der Waals surface area contributed by atoms with Gasteiger partial charge < -0.3 is 9.64 Å². The first kappa shape index (κ1) is 16.0. The number of halogens is 1. The van der Waals surface area contributed by atoms with Crippen LogP contribution in [0.1, 0.15) is 39.7 Å². The molecule has 0 unspecified atom stereocenters. The Labute approximate surface area is 139 Å². The first-order chi connectivity index (χ1) is 10.8. The lowest BCUT2D eigenvalue weighted by Gasteiger charge is -2.33. The molecule has 0 N–H and O–H groups in total. The van der Waals surface area contributed by atoms with Crippen molar-refractivity contribution in [2.24, 2.45) is 0 Å². The van der Waals surface area contributed by atoms with Crippen LogP contribution in [0.5, 0.6) is 0 Å². The number of aromatic nitrogens is 4. The molecule has 0 atom stereocenters. The minimum atomic E-state index is -0.472. The van der Waals surface area contributed by atoms with E-state index in [2.05, 4.69) is 15.1 Å². The van der Waals surface area contributed by atoms with Crippen molar-refractivity contribution in [1.29, 1.82) is 0 Å². The predicted molar refractivity (Wildman–Crippen MR) is 86.4 cm³/mol. The van der Waals surface area contributed by atoms with Gasteiger partial charge in [0.25, 0.3) is 0 Å². The molecular weight excluding hydrogens is 318 g/mol. The summed E-state index contributed by atoms with van der Waals surface area (Å²) in [5.74, 6) is 0. The third-order valence-corrected chi connectivity index (χ3v) is 3.95. The lowest BCUT2D eigenvalue weighted by atomic mass is 10.1. The highest BCUT2D eigenvalue weighted by Crippen LogP contribution is 2.26. The molecular formula is C15H20ClN5O2. The second-order valence-corrected chi connectivity index (χ2v) is 7.04. The Morgan fingerprint density at radius 1 is 1.30 bits per heavy atom. The summed E-state index contributed by atoms with van der Waals surface area (Å²) in [6.45, 7) is 6.89. The molecule has 3 rings (SSSR count). The number of amides is 1. The second kappa shape index (κ2) is 5.96. The minimum Gasteiger partial charge on any atom is -0.444 e. The van der Waals surface area contributed by atoms with Crippen LogP contribution in [0, 0.1) is 0 Å². The zero-order chi connectivity index (χ0) is 16.6. The van der Waals surface area contributed by atoms with Gasteiger partial charge in [-0.2, -0.15) is 10.1 Å². The highest BCUT2D eigenvalue weighted by atomic mass is 35.5. The first-order valence-corrected chi connectivity index (χ1v) is 8.05. The number of likely N-dealkylation sites (tertiary alicyclic amines) is 1. The summed E-state index contributed by atoms with van der Waals surface area (Å²) in [5.41, 5.74) is 0.264. The molecule has 2 aromatic heterocycles. The average molecular weight is 338 g/mol. The lowest BCUT2D eigenvalue weighted by molar-refractivity contribution is 0.0186. The first-order valence-electron chi connectivity index (χ1n) is 7.67. The predicted octanol–water partition coefficient (Wildman–Crippen LogP) is 3.05. The van der Waals surface area contributed by atoms with Gasteiger partial charge in [-0.1, -0.05) is 0 Å². The molecule has 1 saturated heterocycles. The Bertz CT molecular complexity index is 716. The number of nitrogens with zero attached hydrogens (tertiary/aromatic N) is 5. The van der Waals surface area contributed by atoms with Crippen LogP contribution in [0.2, 0.25) is 5.28 Å². The monoisotopic (exact) mass is 337 g/mol. The Morgan fingerprint density at radius 2 is 2.00 bits per heavy atom. The van der Waals surface area contributed by atoms with Crippen molar-refractivity contribution in [2.75, 3.05) is 13.1 Å². The van der Waals surface area contributed by atoms with E-state index in [0.29, 0.717) is 13.1 Å². The van der Waals surface area contributed by atoms with E-state index in [4.69, 9.17) is 16.3 Å². The van der Waals surface area contributed by atoms with Crippen LogP contribution in [-0.4, -0.2) is 49.4 Å². The highest BCUT2D eigenvalue weighted by molar-refractivity contribution is 6.28. The zero-order valence-corrected chi connectivity index (χ0v) is 14.2. The molecule has 124 valence electrons. The van der Waals surface area contributed by atoms with Gasteiger partial charge in [-0.15, -0.1) is 0 Å². The zero-order valence-electron chi connectivity index (χ0n) is 13.5. The standard InChI is InChI=1S/C15H20ClN5O2/c1-15(2,3)23-14(22)20-6-4-11(5-7-20)21-12-10(9-18-21)8-17-13(16)19-12/h8-9,11H,4-7H2,1-3H3. The van der Waals surface area contributed by atoms with E-state index in [1.54, 1.807) is 17.3 Å². The molecule has 0 spiro atoms. The fourth-order valence-electron chi connectivity index (χ4n) is 2.70. The third-order valence-electron chi connectivity index (χ3n) is 3.77. The van der Waals surface area contributed by atoms with Crippen LogP contribution in [0.3, 0.4) is 0 Å². The van der Waals surface area contributed by atoms with Crippen molar-refractivity contribution in [3.63, 3.8) is 0 Å². The molecule has 0 aromatic carbocycles. The Kier molecular flexibility index (Phi) is 4.14. The van der Waals surface area contributed by atoms with Crippen molar-refractivity contribution < 1.29 is 9.53 Å². The SMILES string of the molecule is CC(C)(C)OC(=O)N1CCC(n2ncc3cnc(Cl)nc32)CC1. The van der Waals surface area contributed by atoms with E-state index in [0.717, 1.165) is 23.9 Å². The molecule has 0 saturated carbocycles. The molecule has 1 aliphatic rings. The minimum absolute atomic E-state index is 0.192. The number of ether oxygens (including phenoxy) is 1. The molecule has 1 amide bonds. The summed E-state index contributed by atoms with van der Waals surface area (Å²) in [4.78, 5) is 22.1. The van der Waals surface area contributed by atoms with E-state index in [-0.39, 0.29) is 17.4 Å². The van der Waals surface area contributed by atoms with Gasteiger partial charge >= 0.3 is 6.09 Å². The van der Waals surface area contributed by atoms with Crippen molar-refractivity contribution in [2.45, 2.75) is 45.3 Å². The normalized spacial score (nSPS) is 16.8. The van der Waals surface area contributed by atoms with Gasteiger partial charge in [0, 0.05) is 19.3 Å². The molecule has 23 heavy (non-hydrogen) atoms.